The second-order valence-corrected chi connectivity index (χ2v) is 2.02. The summed E-state index contributed by atoms with van der Waals surface area (Å²) in [5.41, 5.74) is 0. The molecule has 3 nitrogen and oxygen atoms in total. The molecule has 1 heterocycles. The van der Waals surface area contributed by atoms with Gasteiger partial charge in [-0.2, -0.15) is 0 Å². The molecule has 0 spiro atoms. The highest BCUT2D eigenvalue weighted by atomic mass is 16.6. The van der Waals surface area contributed by atoms with Gasteiger partial charge in [-0.3, -0.25) is 0 Å². The molecular formula is C6H9NO2. The molecule has 0 radical (unpaired) electrons. The largest absolute Gasteiger partial charge is 0.444 e. The second-order valence-electron chi connectivity index (χ2n) is 2.02. The molecule has 1 fully saturated rings. The van der Waals surface area contributed by atoms with Crippen molar-refractivity contribution in [2.75, 3.05) is 0 Å². The summed E-state index contributed by atoms with van der Waals surface area (Å²) in [7, 11) is 0. The molecule has 0 aliphatic carbocycles. The lowest BCUT2D eigenvalue weighted by Crippen LogP contribution is -2.26. The molecule has 0 saturated carbocycles. The van der Waals surface area contributed by atoms with Crippen molar-refractivity contribution in [2.45, 2.75) is 19.1 Å². The highest BCUT2D eigenvalue weighted by Gasteiger charge is 2.27. The molecule has 2 unspecified atom stereocenters. The molecule has 0 bridgehead atoms. The summed E-state index contributed by atoms with van der Waals surface area (Å²) in [5, 5.41) is 2.57. The van der Waals surface area contributed by atoms with E-state index in [1.807, 2.05) is 6.92 Å². The molecule has 1 amide bonds. The van der Waals surface area contributed by atoms with Crippen LogP contribution in [-0.2, 0) is 4.74 Å². The molecule has 3 heteroatoms. The van der Waals surface area contributed by atoms with Crippen molar-refractivity contribution < 1.29 is 9.53 Å². The summed E-state index contributed by atoms with van der Waals surface area (Å²) >= 11 is 0. The van der Waals surface area contributed by atoms with Crippen LogP contribution in [0.4, 0.5) is 4.79 Å². The van der Waals surface area contributed by atoms with Crippen molar-refractivity contribution in [1.82, 2.24) is 5.32 Å². The third-order valence-electron chi connectivity index (χ3n) is 1.34. The monoisotopic (exact) mass is 127 g/mol. The number of carbonyl (C=O) groups is 1. The molecule has 1 N–H and O–H groups in total. The van der Waals surface area contributed by atoms with Crippen LogP contribution in [0.1, 0.15) is 6.92 Å². The molecule has 1 rings (SSSR count). The number of cyclic esters (lactones) is 1. The van der Waals surface area contributed by atoms with Crippen LogP contribution in [0.15, 0.2) is 12.7 Å². The van der Waals surface area contributed by atoms with Gasteiger partial charge in [-0.15, -0.1) is 6.58 Å². The van der Waals surface area contributed by atoms with E-state index in [1.165, 1.54) is 0 Å². The summed E-state index contributed by atoms with van der Waals surface area (Å²) in [6.45, 7) is 5.36. The van der Waals surface area contributed by atoms with Gasteiger partial charge in [0, 0.05) is 0 Å². The van der Waals surface area contributed by atoms with Crippen molar-refractivity contribution in [3.05, 3.63) is 12.7 Å². The van der Waals surface area contributed by atoms with Crippen LogP contribution in [0.25, 0.3) is 0 Å². The summed E-state index contributed by atoms with van der Waals surface area (Å²) < 4.78 is 4.74. The first-order valence-corrected chi connectivity index (χ1v) is 2.83. The van der Waals surface area contributed by atoms with Crippen molar-refractivity contribution in [3.8, 4) is 0 Å². The van der Waals surface area contributed by atoms with Gasteiger partial charge < -0.3 is 10.1 Å². The van der Waals surface area contributed by atoms with Gasteiger partial charge in [0.25, 0.3) is 0 Å². The third kappa shape index (κ3) is 1.04. The Labute approximate surface area is 53.7 Å². The van der Waals surface area contributed by atoms with Crippen molar-refractivity contribution in [2.24, 2.45) is 0 Å². The lowest BCUT2D eigenvalue weighted by atomic mass is 10.2. The van der Waals surface area contributed by atoms with Gasteiger partial charge in [0.2, 0.25) is 0 Å². The Bertz CT molecular complexity index is 144. The topological polar surface area (TPSA) is 38.3 Å². The van der Waals surface area contributed by atoms with E-state index in [1.54, 1.807) is 6.08 Å². The highest BCUT2D eigenvalue weighted by molar-refractivity contribution is 5.70. The normalized spacial score (nSPS) is 33.2. The predicted octanol–water partition coefficient (Wildman–Crippen LogP) is 0.669. The zero-order chi connectivity index (χ0) is 6.85. The Morgan fingerprint density at radius 3 is 2.78 bits per heavy atom. The first kappa shape index (κ1) is 6.13. The second kappa shape index (κ2) is 2.09. The van der Waals surface area contributed by atoms with Crippen LogP contribution in [0.5, 0.6) is 0 Å². The molecule has 50 valence electrons. The van der Waals surface area contributed by atoms with Crippen LogP contribution in [-0.4, -0.2) is 18.2 Å². The molecule has 0 aromatic rings. The average Bonchev–Trinajstić information content (AvgIpc) is 2.10. The zero-order valence-corrected chi connectivity index (χ0v) is 5.26. The maximum absolute atomic E-state index is 10.4. The number of rotatable bonds is 1. The molecular weight excluding hydrogens is 118 g/mol. The maximum Gasteiger partial charge on any atom is 0.408 e. The molecule has 0 aromatic carbocycles. The van der Waals surface area contributed by atoms with E-state index < -0.39 is 0 Å². The van der Waals surface area contributed by atoms with Crippen molar-refractivity contribution in [3.63, 3.8) is 0 Å². The summed E-state index contributed by atoms with van der Waals surface area (Å²) in [5.74, 6) is 0. The van der Waals surface area contributed by atoms with E-state index in [-0.39, 0.29) is 18.2 Å². The fourth-order valence-corrected chi connectivity index (χ4v) is 0.780. The van der Waals surface area contributed by atoms with E-state index in [2.05, 4.69) is 11.9 Å². The van der Waals surface area contributed by atoms with E-state index in [0.29, 0.717) is 0 Å². The molecule has 0 aromatic heterocycles. The Morgan fingerprint density at radius 2 is 2.56 bits per heavy atom. The van der Waals surface area contributed by atoms with Crippen LogP contribution < -0.4 is 5.32 Å². The Morgan fingerprint density at radius 1 is 1.89 bits per heavy atom. The van der Waals surface area contributed by atoms with Gasteiger partial charge in [0.1, 0.15) is 6.10 Å². The van der Waals surface area contributed by atoms with Crippen molar-refractivity contribution in [1.29, 1.82) is 0 Å². The number of ether oxygens (including phenoxy) is 1. The van der Waals surface area contributed by atoms with Crippen LogP contribution >= 0.6 is 0 Å². The molecule has 1 saturated heterocycles. The van der Waals surface area contributed by atoms with E-state index in [9.17, 15) is 4.79 Å². The predicted molar refractivity (Wildman–Crippen MR) is 33.1 cm³/mol. The number of amides is 1. The Hall–Kier alpha value is -0.990. The first-order valence-electron chi connectivity index (χ1n) is 2.83. The molecule has 2 atom stereocenters. The van der Waals surface area contributed by atoms with Gasteiger partial charge in [0.05, 0.1) is 6.04 Å². The number of alkyl carbamates (subject to hydrolysis) is 1. The van der Waals surface area contributed by atoms with E-state index in [0.717, 1.165) is 0 Å². The fraction of sp³-hybridized carbons (Fsp3) is 0.500. The standard InChI is InChI=1S/C6H9NO2/c1-3-5-4(2)9-6(8)7-5/h3-5H,1H2,2H3,(H,7,8). The minimum atomic E-state index is -0.354. The van der Waals surface area contributed by atoms with Gasteiger partial charge in [-0.05, 0) is 6.92 Å². The quantitative estimate of drug-likeness (QED) is 0.526. The van der Waals surface area contributed by atoms with E-state index in [4.69, 9.17) is 4.74 Å². The highest BCUT2D eigenvalue weighted by Crippen LogP contribution is 2.07. The van der Waals surface area contributed by atoms with E-state index >= 15 is 0 Å². The number of hydrogen-bond donors (Lipinski definition) is 1. The van der Waals surface area contributed by atoms with Gasteiger partial charge in [-0.25, -0.2) is 4.79 Å². The SMILES string of the molecule is C=CC1NC(=O)OC1C. The minimum Gasteiger partial charge on any atom is -0.444 e. The molecule has 9 heavy (non-hydrogen) atoms. The number of hydrogen-bond acceptors (Lipinski definition) is 2. The number of nitrogens with one attached hydrogen (secondary N) is 1. The third-order valence-corrected chi connectivity index (χ3v) is 1.34. The maximum atomic E-state index is 10.4. The minimum absolute atomic E-state index is 0.0162. The Kier molecular flexibility index (Phi) is 1.42. The number of carbonyl (C=O) groups excluding carboxylic acids is 1. The molecule has 1 aliphatic heterocycles. The summed E-state index contributed by atoms with van der Waals surface area (Å²) in [6, 6.07) is -0.0162. The zero-order valence-electron chi connectivity index (χ0n) is 5.26. The van der Waals surface area contributed by atoms with Gasteiger partial charge >= 0.3 is 6.09 Å². The van der Waals surface area contributed by atoms with Crippen LogP contribution in [0.2, 0.25) is 0 Å². The van der Waals surface area contributed by atoms with Crippen LogP contribution in [0.3, 0.4) is 0 Å². The van der Waals surface area contributed by atoms with Crippen LogP contribution in [0, 0.1) is 0 Å². The van der Waals surface area contributed by atoms with Crippen molar-refractivity contribution >= 4 is 6.09 Å². The smallest absolute Gasteiger partial charge is 0.408 e. The summed E-state index contributed by atoms with van der Waals surface area (Å²) in [4.78, 5) is 10.4. The lowest BCUT2D eigenvalue weighted by molar-refractivity contribution is 0.144. The first-order chi connectivity index (χ1) is 4.24. The Balaban J connectivity index is 2.57. The average molecular weight is 127 g/mol. The van der Waals surface area contributed by atoms with Gasteiger partial charge in [-0.1, -0.05) is 6.08 Å². The fourth-order valence-electron chi connectivity index (χ4n) is 0.780. The lowest BCUT2D eigenvalue weighted by Gasteiger charge is -2.04. The van der Waals surface area contributed by atoms with Gasteiger partial charge in [0.15, 0.2) is 0 Å². The molecule has 1 aliphatic rings. The summed E-state index contributed by atoms with van der Waals surface area (Å²) in [6.07, 6.45) is 1.23.